The van der Waals surface area contributed by atoms with Crippen LogP contribution in [0.25, 0.3) is 0 Å². The predicted molar refractivity (Wildman–Crippen MR) is 85.0 cm³/mol. The van der Waals surface area contributed by atoms with Crippen LogP contribution in [0.2, 0.25) is 0 Å². The van der Waals surface area contributed by atoms with E-state index in [0.29, 0.717) is 11.3 Å². The van der Waals surface area contributed by atoms with Crippen LogP contribution in [0.4, 0.5) is 0 Å². The molecule has 0 saturated carbocycles. The number of rotatable bonds is 8. The van der Waals surface area contributed by atoms with Gasteiger partial charge in [0.05, 0.1) is 5.75 Å². The van der Waals surface area contributed by atoms with Gasteiger partial charge in [-0.3, -0.25) is 19.0 Å². The summed E-state index contributed by atoms with van der Waals surface area (Å²) >= 11 is 0. The molecule has 0 fully saturated rings. The number of amides is 2. The van der Waals surface area contributed by atoms with E-state index in [4.69, 9.17) is 4.55 Å². The first kappa shape index (κ1) is 19.8. The number of carboxylic acid groups (broad SMARTS) is 1. The monoisotopic (exact) mass is 357 g/mol. The Labute approximate surface area is 139 Å². The van der Waals surface area contributed by atoms with E-state index in [1.54, 1.807) is 25.1 Å². The van der Waals surface area contributed by atoms with E-state index in [1.165, 1.54) is 12.1 Å². The van der Waals surface area contributed by atoms with Gasteiger partial charge in [-0.2, -0.15) is 8.42 Å². The Morgan fingerprint density at radius 2 is 1.75 bits per heavy atom. The van der Waals surface area contributed by atoms with Crippen molar-refractivity contribution in [3.8, 4) is 0 Å². The molecule has 0 aromatic heterocycles. The number of benzene rings is 1. The molecule has 1 aromatic carbocycles. The van der Waals surface area contributed by atoms with Crippen LogP contribution in [0.3, 0.4) is 0 Å². The predicted octanol–water partition coefficient (Wildman–Crippen LogP) is 1.19. The van der Waals surface area contributed by atoms with Crippen molar-refractivity contribution in [2.75, 3.05) is 5.75 Å². The Kier molecular flexibility index (Phi) is 7.05. The molecule has 0 aliphatic heterocycles. The minimum atomic E-state index is -4.43. The maximum absolute atomic E-state index is 12.6. The molecule has 0 saturated heterocycles. The second-order valence-corrected chi connectivity index (χ2v) is 6.69. The highest BCUT2D eigenvalue weighted by molar-refractivity contribution is 7.85. The summed E-state index contributed by atoms with van der Waals surface area (Å²) in [7, 11) is -4.43. The molecule has 0 aliphatic carbocycles. The Morgan fingerprint density at radius 1 is 1.17 bits per heavy atom. The number of hydrogen-bond donors (Lipinski definition) is 2. The molecule has 2 amide bonds. The Bertz CT molecular complexity index is 700. The highest BCUT2D eigenvalue weighted by Crippen LogP contribution is 2.15. The van der Waals surface area contributed by atoms with Crippen LogP contribution in [-0.2, 0) is 19.7 Å². The van der Waals surface area contributed by atoms with Crippen molar-refractivity contribution in [2.45, 2.75) is 32.2 Å². The average molecular weight is 357 g/mol. The number of carbonyl (C=O) groups is 3. The Hall–Kier alpha value is -2.26. The molecule has 0 spiro atoms. The zero-order valence-electron chi connectivity index (χ0n) is 13.1. The molecule has 0 unspecified atom stereocenters. The summed E-state index contributed by atoms with van der Waals surface area (Å²) in [5.41, 5.74) is 0.111. The molecule has 0 radical (unpaired) electrons. The summed E-state index contributed by atoms with van der Waals surface area (Å²) in [4.78, 5) is 36.9. The average Bonchev–Trinajstić information content (AvgIpc) is 2.50. The summed E-state index contributed by atoms with van der Waals surface area (Å²) in [5.74, 6) is -3.93. The molecule has 9 heteroatoms. The maximum atomic E-state index is 12.6. The molecule has 24 heavy (non-hydrogen) atoms. The summed E-state index contributed by atoms with van der Waals surface area (Å²) in [6, 6.07) is 5.95. The molecule has 132 valence electrons. The third kappa shape index (κ3) is 5.74. The van der Waals surface area contributed by atoms with Crippen LogP contribution >= 0.6 is 0 Å². The van der Waals surface area contributed by atoms with Crippen LogP contribution in [-0.4, -0.2) is 52.6 Å². The lowest BCUT2D eigenvalue weighted by Crippen LogP contribution is -2.49. The van der Waals surface area contributed by atoms with Gasteiger partial charge in [0.15, 0.2) is 0 Å². The van der Waals surface area contributed by atoms with Crippen molar-refractivity contribution >= 4 is 27.9 Å². The van der Waals surface area contributed by atoms with Gasteiger partial charge in [0, 0.05) is 12.0 Å². The van der Waals surface area contributed by atoms with Crippen LogP contribution in [0.1, 0.15) is 36.5 Å². The highest BCUT2D eigenvalue weighted by Gasteiger charge is 2.35. The summed E-state index contributed by atoms with van der Waals surface area (Å²) in [6.07, 6.45) is -0.265. The van der Waals surface area contributed by atoms with Gasteiger partial charge in [-0.05, 0) is 25.0 Å². The van der Waals surface area contributed by atoms with Gasteiger partial charge >= 0.3 is 5.97 Å². The van der Waals surface area contributed by atoms with Crippen LogP contribution in [0.5, 0.6) is 0 Å². The highest BCUT2D eigenvalue weighted by atomic mass is 32.2. The molecule has 1 rings (SSSR count). The number of aliphatic carboxylic acids is 1. The lowest BCUT2D eigenvalue weighted by molar-refractivity contribution is -0.148. The molecule has 0 heterocycles. The second kappa shape index (κ2) is 8.55. The van der Waals surface area contributed by atoms with Gasteiger partial charge in [-0.1, -0.05) is 25.1 Å². The van der Waals surface area contributed by atoms with Crippen molar-refractivity contribution in [3.05, 3.63) is 35.9 Å². The first-order valence-electron chi connectivity index (χ1n) is 7.26. The van der Waals surface area contributed by atoms with Crippen molar-refractivity contribution in [1.29, 1.82) is 0 Å². The Morgan fingerprint density at radius 3 is 2.21 bits per heavy atom. The molecule has 1 atom stereocenters. The fourth-order valence-corrected chi connectivity index (χ4v) is 2.63. The van der Waals surface area contributed by atoms with Crippen molar-refractivity contribution in [3.63, 3.8) is 0 Å². The quantitative estimate of drug-likeness (QED) is 0.668. The van der Waals surface area contributed by atoms with E-state index in [1.807, 2.05) is 0 Å². The third-order valence-electron chi connectivity index (χ3n) is 3.22. The van der Waals surface area contributed by atoms with Gasteiger partial charge < -0.3 is 5.11 Å². The number of hydrogen-bond acceptors (Lipinski definition) is 5. The van der Waals surface area contributed by atoms with E-state index in [0.717, 1.165) is 0 Å². The molecule has 0 aliphatic rings. The normalized spacial score (nSPS) is 12.4. The third-order valence-corrected chi connectivity index (χ3v) is 3.97. The lowest BCUT2D eigenvalue weighted by Gasteiger charge is -2.27. The van der Waals surface area contributed by atoms with E-state index in [-0.39, 0.29) is 12.0 Å². The number of imide groups is 1. The number of nitrogens with zero attached hydrogens (tertiary/aromatic N) is 1. The van der Waals surface area contributed by atoms with Crippen molar-refractivity contribution in [2.24, 2.45) is 0 Å². The zero-order valence-corrected chi connectivity index (χ0v) is 13.9. The molecule has 1 aromatic rings. The molecular weight excluding hydrogens is 338 g/mol. The van der Waals surface area contributed by atoms with Crippen LogP contribution in [0, 0.1) is 0 Å². The fourth-order valence-electron chi connectivity index (χ4n) is 2.11. The molecular formula is C15H19NO7S. The van der Waals surface area contributed by atoms with E-state index < -0.39 is 46.1 Å². The summed E-state index contributed by atoms with van der Waals surface area (Å²) < 4.78 is 30.6. The second-order valence-electron chi connectivity index (χ2n) is 5.11. The van der Waals surface area contributed by atoms with E-state index >= 15 is 0 Å². The topological polar surface area (TPSA) is 129 Å². The first-order chi connectivity index (χ1) is 11.2. The first-order valence-corrected chi connectivity index (χ1v) is 8.87. The number of carbonyl (C=O) groups excluding carboxylic acids is 2. The van der Waals surface area contributed by atoms with Gasteiger partial charge in [0.25, 0.3) is 16.0 Å². The largest absolute Gasteiger partial charge is 0.480 e. The smallest absolute Gasteiger partial charge is 0.326 e. The Balaban J connectivity index is 3.20. The lowest BCUT2D eigenvalue weighted by atomic mass is 10.1. The van der Waals surface area contributed by atoms with Gasteiger partial charge in [0.2, 0.25) is 5.91 Å². The van der Waals surface area contributed by atoms with Gasteiger partial charge in [-0.25, -0.2) is 4.79 Å². The molecule has 2 N–H and O–H groups in total. The maximum Gasteiger partial charge on any atom is 0.326 e. The van der Waals surface area contributed by atoms with Crippen LogP contribution in [0.15, 0.2) is 30.3 Å². The standard InChI is InChI=1S/C15H19NO7S/c1-2-6-13(17)16(14(18)11-7-4-3-5-8-11)12(15(19)20)9-10-24(21,22)23/h3-5,7-8,12H,2,6,9-10H2,1H3,(H,19,20)(H,21,22,23)/t12-/m0/s1. The summed E-state index contributed by atoms with van der Waals surface area (Å²) in [6.45, 7) is 1.69. The zero-order chi connectivity index (χ0) is 18.3. The van der Waals surface area contributed by atoms with Crippen molar-refractivity contribution < 1.29 is 32.5 Å². The molecule has 0 bridgehead atoms. The summed E-state index contributed by atoms with van der Waals surface area (Å²) in [5, 5.41) is 9.33. The van der Waals surface area contributed by atoms with E-state index in [9.17, 15) is 27.9 Å². The molecule has 8 nitrogen and oxygen atoms in total. The SMILES string of the molecule is CCCC(=O)N(C(=O)c1ccccc1)[C@@H](CCS(=O)(=O)O)C(=O)O. The van der Waals surface area contributed by atoms with Crippen molar-refractivity contribution in [1.82, 2.24) is 4.90 Å². The number of carboxylic acids is 1. The van der Waals surface area contributed by atoms with Gasteiger partial charge in [0.1, 0.15) is 6.04 Å². The fraction of sp³-hybridized carbons (Fsp3) is 0.400. The van der Waals surface area contributed by atoms with Crippen LogP contribution < -0.4 is 0 Å². The minimum Gasteiger partial charge on any atom is -0.480 e. The van der Waals surface area contributed by atoms with E-state index in [2.05, 4.69) is 0 Å². The minimum absolute atomic E-state index is 0.0613. The van der Waals surface area contributed by atoms with Gasteiger partial charge in [-0.15, -0.1) is 0 Å².